The van der Waals surface area contributed by atoms with Crippen LogP contribution in [0.5, 0.6) is 0 Å². The van der Waals surface area contributed by atoms with E-state index >= 15 is 0 Å². The van der Waals surface area contributed by atoms with Crippen molar-refractivity contribution in [2.45, 2.75) is 20.3 Å². The molecule has 1 aromatic carbocycles. The summed E-state index contributed by atoms with van der Waals surface area (Å²) >= 11 is 0. The fourth-order valence-corrected chi connectivity index (χ4v) is 1.48. The van der Waals surface area contributed by atoms with E-state index in [2.05, 4.69) is 4.74 Å². The van der Waals surface area contributed by atoms with Crippen LogP contribution in [0.2, 0.25) is 0 Å². The summed E-state index contributed by atoms with van der Waals surface area (Å²) in [6.07, 6.45) is -0.254. The van der Waals surface area contributed by atoms with Gasteiger partial charge in [0.15, 0.2) is 0 Å². The summed E-state index contributed by atoms with van der Waals surface area (Å²) in [5, 5.41) is 0. The second kappa shape index (κ2) is 6.58. The largest absolute Gasteiger partial charge is 0.389 e. The van der Waals surface area contributed by atoms with Crippen LogP contribution in [0.25, 0.3) is 0 Å². The monoisotopic (exact) mass is 262 g/mol. The van der Waals surface area contributed by atoms with E-state index in [4.69, 9.17) is 0 Å². The van der Waals surface area contributed by atoms with Crippen molar-refractivity contribution in [3.05, 3.63) is 35.9 Å². The predicted molar refractivity (Wildman–Crippen MR) is 66.3 cm³/mol. The average Bonchev–Trinajstić information content (AvgIpc) is 2.36. The molecule has 5 heteroatoms. The molecule has 0 aliphatic rings. The van der Waals surface area contributed by atoms with E-state index in [1.165, 1.54) is 26.0 Å². The predicted octanol–water partition coefficient (Wildman–Crippen LogP) is 1.55. The molecule has 1 aromatic rings. The lowest BCUT2D eigenvalue weighted by molar-refractivity contribution is -0.148. The number of esters is 2. The van der Waals surface area contributed by atoms with Crippen molar-refractivity contribution in [3.8, 4) is 0 Å². The van der Waals surface area contributed by atoms with Gasteiger partial charge in [-0.05, 0) is 26.0 Å². The van der Waals surface area contributed by atoms with Crippen LogP contribution in [0.4, 0.5) is 0 Å². The molecule has 0 saturated heterocycles. The Morgan fingerprint density at radius 1 is 1.05 bits per heavy atom. The SMILES string of the molecule is CC(=O)CC(C(C)=O)C(=O)OC(=O)c1ccccc1. The molecule has 0 aromatic heterocycles. The van der Waals surface area contributed by atoms with Gasteiger partial charge in [-0.15, -0.1) is 0 Å². The van der Waals surface area contributed by atoms with Crippen molar-refractivity contribution in [3.63, 3.8) is 0 Å². The van der Waals surface area contributed by atoms with Crippen LogP contribution in [0.3, 0.4) is 0 Å². The summed E-state index contributed by atoms with van der Waals surface area (Å²) in [6.45, 7) is 2.45. The second-order valence-electron chi connectivity index (χ2n) is 4.14. The molecule has 0 spiro atoms. The summed E-state index contributed by atoms with van der Waals surface area (Å²) in [6, 6.07) is 7.94. The van der Waals surface area contributed by atoms with Crippen LogP contribution in [0.15, 0.2) is 30.3 Å². The highest BCUT2D eigenvalue weighted by Gasteiger charge is 2.28. The van der Waals surface area contributed by atoms with Gasteiger partial charge in [-0.2, -0.15) is 0 Å². The minimum atomic E-state index is -1.22. The van der Waals surface area contributed by atoms with Gasteiger partial charge in [-0.1, -0.05) is 18.2 Å². The van der Waals surface area contributed by atoms with E-state index in [1.807, 2.05) is 0 Å². The third-order valence-corrected chi connectivity index (χ3v) is 2.47. The normalized spacial score (nSPS) is 11.5. The molecule has 0 N–H and O–H groups in total. The Morgan fingerprint density at radius 3 is 2.11 bits per heavy atom. The lowest BCUT2D eigenvalue weighted by atomic mass is 9.99. The molecule has 0 amide bonds. The Bertz CT molecular complexity index is 504. The van der Waals surface area contributed by atoms with E-state index in [-0.39, 0.29) is 17.8 Å². The smallest absolute Gasteiger partial charge is 0.345 e. The standard InChI is InChI=1S/C14H14O5/c1-9(15)8-12(10(2)16)14(18)19-13(17)11-6-4-3-5-7-11/h3-7,12H,8H2,1-2H3. The van der Waals surface area contributed by atoms with Crippen molar-refractivity contribution >= 4 is 23.5 Å². The first-order valence-corrected chi connectivity index (χ1v) is 5.72. The van der Waals surface area contributed by atoms with Gasteiger partial charge in [0.05, 0.1) is 5.56 Å². The lowest BCUT2D eigenvalue weighted by Crippen LogP contribution is -2.28. The molecule has 0 radical (unpaired) electrons. The molecule has 0 aliphatic carbocycles. The number of ketones is 2. The van der Waals surface area contributed by atoms with E-state index in [0.29, 0.717) is 0 Å². The van der Waals surface area contributed by atoms with E-state index in [1.54, 1.807) is 18.2 Å². The number of hydrogen-bond donors (Lipinski definition) is 0. The maximum atomic E-state index is 11.7. The third kappa shape index (κ3) is 4.46. The van der Waals surface area contributed by atoms with Gasteiger partial charge in [0.1, 0.15) is 17.5 Å². The molecule has 5 nitrogen and oxygen atoms in total. The Labute approximate surface area is 110 Å². The zero-order valence-electron chi connectivity index (χ0n) is 10.7. The second-order valence-corrected chi connectivity index (χ2v) is 4.14. The zero-order valence-corrected chi connectivity index (χ0v) is 10.7. The summed E-state index contributed by atoms with van der Waals surface area (Å²) in [5.74, 6) is -3.85. The molecule has 1 atom stereocenters. The maximum Gasteiger partial charge on any atom is 0.345 e. The first-order chi connectivity index (χ1) is 8.91. The molecule has 0 bridgehead atoms. The fourth-order valence-electron chi connectivity index (χ4n) is 1.48. The van der Waals surface area contributed by atoms with Crippen LogP contribution < -0.4 is 0 Å². The topological polar surface area (TPSA) is 77.5 Å². The fraction of sp³-hybridized carbons (Fsp3) is 0.286. The Morgan fingerprint density at radius 2 is 1.63 bits per heavy atom. The molecule has 19 heavy (non-hydrogen) atoms. The van der Waals surface area contributed by atoms with Crippen LogP contribution in [0.1, 0.15) is 30.6 Å². The Hall–Kier alpha value is -2.30. The van der Waals surface area contributed by atoms with Crippen molar-refractivity contribution in [1.82, 2.24) is 0 Å². The highest BCUT2D eigenvalue weighted by Crippen LogP contribution is 2.10. The van der Waals surface area contributed by atoms with Crippen molar-refractivity contribution in [2.75, 3.05) is 0 Å². The van der Waals surface area contributed by atoms with Crippen LogP contribution in [-0.2, 0) is 19.1 Å². The number of hydrogen-bond acceptors (Lipinski definition) is 5. The molecule has 100 valence electrons. The molecule has 0 aliphatic heterocycles. The van der Waals surface area contributed by atoms with Gasteiger partial charge >= 0.3 is 11.9 Å². The van der Waals surface area contributed by atoms with E-state index in [0.717, 1.165) is 0 Å². The third-order valence-electron chi connectivity index (χ3n) is 2.47. The van der Waals surface area contributed by atoms with Crippen molar-refractivity contribution in [1.29, 1.82) is 0 Å². The van der Waals surface area contributed by atoms with Gasteiger partial charge in [-0.3, -0.25) is 14.4 Å². The maximum absolute atomic E-state index is 11.7. The van der Waals surface area contributed by atoms with Gasteiger partial charge in [0.2, 0.25) is 0 Å². The molecule has 0 saturated carbocycles. The zero-order chi connectivity index (χ0) is 14.4. The molecule has 1 unspecified atom stereocenters. The molecule has 0 fully saturated rings. The lowest BCUT2D eigenvalue weighted by Gasteiger charge is -2.10. The van der Waals surface area contributed by atoms with Crippen molar-refractivity contribution in [2.24, 2.45) is 5.92 Å². The van der Waals surface area contributed by atoms with Crippen molar-refractivity contribution < 1.29 is 23.9 Å². The van der Waals surface area contributed by atoms with E-state index in [9.17, 15) is 19.2 Å². The number of rotatable bonds is 5. The molecule has 0 heterocycles. The summed E-state index contributed by atoms with van der Waals surface area (Å²) < 4.78 is 4.61. The highest BCUT2D eigenvalue weighted by atomic mass is 16.6. The number of ether oxygens (including phenoxy) is 1. The number of carbonyl (C=O) groups excluding carboxylic acids is 4. The first-order valence-electron chi connectivity index (χ1n) is 5.72. The van der Waals surface area contributed by atoms with Gasteiger partial charge < -0.3 is 4.74 Å². The minimum absolute atomic E-state index is 0.209. The number of benzene rings is 1. The van der Waals surface area contributed by atoms with Crippen LogP contribution >= 0.6 is 0 Å². The summed E-state index contributed by atoms with van der Waals surface area (Å²) in [4.78, 5) is 45.6. The quantitative estimate of drug-likeness (QED) is 0.594. The van der Waals surface area contributed by atoms with Crippen LogP contribution in [0, 0.1) is 5.92 Å². The first kappa shape index (κ1) is 14.8. The molecular formula is C14H14O5. The van der Waals surface area contributed by atoms with E-state index < -0.39 is 23.6 Å². The molecular weight excluding hydrogens is 248 g/mol. The average molecular weight is 262 g/mol. The Kier molecular flexibility index (Phi) is 5.11. The molecule has 1 rings (SSSR count). The minimum Gasteiger partial charge on any atom is -0.389 e. The number of Topliss-reactive ketones (excluding diaryl/α,β-unsaturated/α-hetero) is 2. The highest BCUT2D eigenvalue weighted by molar-refractivity contribution is 6.06. The van der Waals surface area contributed by atoms with Gasteiger partial charge in [0, 0.05) is 6.42 Å². The van der Waals surface area contributed by atoms with Crippen LogP contribution in [-0.4, -0.2) is 23.5 Å². The van der Waals surface area contributed by atoms with Gasteiger partial charge in [-0.25, -0.2) is 4.79 Å². The summed E-state index contributed by atoms with van der Waals surface area (Å²) in [5.41, 5.74) is 0.209. The number of carbonyl (C=O) groups is 4. The summed E-state index contributed by atoms with van der Waals surface area (Å²) in [7, 11) is 0. The Balaban J connectivity index is 2.75. The van der Waals surface area contributed by atoms with Gasteiger partial charge in [0.25, 0.3) is 0 Å².